The minimum atomic E-state index is -1.13. The molecule has 3 unspecified atom stereocenters. The molecular formula is C8H16N2O4. The first-order valence-corrected chi connectivity index (χ1v) is 4.28. The van der Waals surface area contributed by atoms with Crippen LogP contribution in [-0.2, 0) is 9.59 Å². The van der Waals surface area contributed by atoms with Crippen LogP contribution in [0.5, 0.6) is 0 Å². The van der Waals surface area contributed by atoms with Gasteiger partial charge in [0.05, 0.1) is 12.1 Å². The number of aliphatic hydroxyl groups excluding tert-OH is 1. The number of carbonyl (C=O) groups excluding carboxylic acids is 2. The molecule has 3 atom stereocenters. The monoisotopic (exact) mass is 204 g/mol. The molecule has 6 nitrogen and oxygen atoms in total. The highest BCUT2D eigenvalue weighted by atomic mass is 16.5. The molecule has 0 rings (SSSR count). The molecule has 4 N–H and O–H groups in total. The van der Waals surface area contributed by atoms with Crippen LogP contribution in [0.25, 0.3) is 0 Å². The third-order valence-corrected chi connectivity index (χ3v) is 1.87. The number of aliphatic hydroxyl groups is 1. The van der Waals surface area contributed by atoms with E-state index in [2.05, 4.69) is 5.32 Å². The second-order valence-corrected chi connectivity index (χ2v) is 3.19. The van der Waals surface area contributed by atoms with E-state index < -0.39 is 24.1 Å². The Bertz CT molecular complexity index is 217. The topological polar surface area (TPSA) is 98.7 Å². The Balaban J connectivity index is 4.24. The number of carbonyl (C=O) groups is 2. The van der Waals surface area contributed by atoms with Gasteiger partial charge in [0.25, 0.3) is 0 Å². The van der Waals surface area contributed by atoms with E-state index >= 15 is 0 Å². The maximum absolute atomic E-state index is 11.3. The first kappa shape index (κ1) is 13.0. The summed E-state index contributed by atoms with van der Waals surface area (Å²) in [4.78, 5) is 22.1. The molecular weight excluding hydrogens is 188 g/mol. The highest BCUT2D eigenvalue weighted by molar-refractivity contribution is 5.89. The lowest BCUT2D eigenvalue weighted by molar-refractivity contribution is -0.132. The Kier molecular flexibility index (Phi) is 5.29. The molecule has 0 aromatic heterocycles. The fraction of sp³-hybridized carbons (Fsp3) is 0.750. The minimum absolute atomic E-state index is 0.194. The molecule has 0 aliphatic carbocycles. The van der Waals surface area contributed by atoms with Crippen LogP contribution in [0.1, 0.15) is 20.8 Å². The molecule has 0 aliphatic rings. The van der Waals surface area contributed by atoms with E-state index in [1.54, 1.807) is 5.48 Å². The molecule has 14 heavy (non-hydrogen) atoms. The number of nitrogens with one attached hydrogen (secondary N) is 2. The molecule has 0 fully saturated rings. The summed E-state index contributed by atoms with van der Waals surface area (Å²) < 4.78 is 0. The number of hydrogen-bond donors (Lipinski definition) is 4. The average molecular weight is 204 g/mol. The van der Waals surface area contributed by atoms with E-state index in [9.17, 15) is 9.59 Å². The molecule has 82 valence electrons. The van der Waals surface area contributed by atoms with E-state index in [0.29, 0.717) is 0 Å². The fourth-order valence-electron chi connectivity index (χ4n) is 0.790. The van der Waals surface area contributed by atoms with Gasteiger partial charge in [0, 0.05) is 0 Å². The quantitative estimate of drug-likeness (QED) is 0.422. The van der Waals surface area contributed by atoms with Crippen LogP contribution in [0.15, 0.2) is 0 Å². The normalized spacial score (nSPS) is 16.9. The SMILES string of the molecule is CC(=O)C(C)NC(=O)C(NO)C(C)O. The van der Waals surface area contributed by atoms with Crippen molar-refractivity contribution >= 4 is 11.7 Å². The van der Waals surface area contributed by atoms with Gasteiger partial charge in [-0.05, 0) is 20.8 Å². The first-order valence-electron chi connectivity index (χ1n) is 4.28. The van der Waals surface area contributed by atoms with Crippen molar-refractivity contribution < 1.29 is 19.9 Å². The van der Waals surface area contributed by atoms with Gasteiger partial charge in [0.2, 0.25) is 5.91 Å². The Morgan fingerprint density at radius 2 is 1.79 bits per heavy atom. The molecule has 0 heterocycles. The predicted octanol–water partition coefficient (Wildman–Crippen LogP) is -1.19. The number of ketones is 1. The second-order valence-electron chi connectivity index (χ2n) is 3.19. The molecule has 0 spiro atoms. The minimum Gasteiger partial charge on any atom is -0.391 e. The van der Waals surface area contributed by atoms with Gasteiger partial charge in [-0.3, -0.25) is 9.59 Å². The number of hydroxylamine groups is 1. The van der Waals surface area contributed by atoms with Gasteiger partial charge in [0.1, 0.15) is 6.04 Å². The number of rotatable bonds is 5. The van der Waals surface area contributed by atoms with E-state index in [4.69, 9.17) is 10.3 Å². The van der Waals surface area contributed by atoms with E-state index in [1.807, 2.05) is 0 Å². The zero-order valence-electron chi connectivity index (χ0n) is 8.44. The van der Waals surface area contributed by atoms with E-state index in [0.717, 1.165) is 0 Å². The second kappa shape index (κ2) is 5.69. The van der Waals surface area contributed by atoms with Gasteiger partial charge in [-0.2, -0.15) is 5.48 Å². The lowest BCUT2D eigenvalue weighted by Crippen LogP contribution is -2.52. The van der Waals surface area contributed by atoms with Crippen LogP contribution in [0.2, 0.25) is 0 Å². The van der Waals surface area contributed by atoms with Crippen molar-refractivity contribution in [1.29, 1.82) is 0 Å². The van der Waals surface area contributed by atoms with Crippen molar-refractivity contribution in [3.8, 4) is 0 Å². The molecule has 0 saturated heterocycles. The number of amides is 1. The Morgan fingerprint density at radius 1 is 1.29 bits per heavy atom. The van der Waals surface area contributed by atoms with Crippen LogP contribution in [0, 0.1) is 0 Å². The van der Waals surface area contributed by atoms with Crippen molar-refractivity contribution in [3.05, 3.63) is 0 Å². The van der Waals surface area contributed by atoms with Crippen LogP contribution < -0.4 is 10.8 Å². The van der Waals surface area contributed by atoms with Crippen molar-refractivity contribution in [3.63, 3.8) is 0 Å². The maximum Gasteiger partial charge on any atom is 0.242 e. The molecule has 0 aliphatic heterocycles. The summed E-state index contributed by atoms with van der Waals surface area (Å²) in [6, 6.07) is -1.76. The van der Waals surface area contributed by atoms with Gasteiger partial charge in [-0.25, -0.2) is 0 Å². The molecule has 0 radical (unpaired) electrons. The Morgan fingerprint density at radius 3 is 2.07 bits per heavy atom. The van der Waals surface area contributed by atoms with Crippen LogP contribution in [0.3, 0.4) is 0 Å². The van der Waals surface area contributed by atoms with Gasteiger partial charge in [0.15, 0.2) is 5.78 Å². The summed E-state index contributed by atoms with van der Waals surface area (Å²) >= 11 is 0. The first-order chi connectivity index (χ1) is 6.40. The van der Waals surface area contributed by atoms with E-state index in [-0.39, 0.29) is 5.78 Å². The molecule has 1 amide bonds. The molecule has 0 aromatic carbocycles. The Hall–Kier alpha value is -0.980. The zero-order chi connectivity index (χ0) is 11.3. The van der Waals surface area contributed by atoms with Crippen LogP contribution >= 0.6 is 0 Å². The lowest BCUT2D eigenvalue weighted by Gasteiger charge is -2.19. The number of hydrogen-bond acceptors (Lipinski definition) is 5. The smallest absolute Gasteiger partial charge is 0.242 e. The van der Waals surface area contributed by atoms with Gasteiger partial charge in [-0.1, -0.05) is 0 Å². The van der Waals surface area contributed by atoms with Crippen molar-refractivity contribution in [2.24, 2.45) is 0 Å². The third-order valence-electron chi connectivity index (χ3n) is 1.87. The Labute approximate surface area is 82.3 Å². The summed E-state index contributed by atoms with van der Waals surface area (Å²) in [6.45, 7) is 4.22. The molecule has 0 saturated carbocycles. The predicted molar refractivity (Wildman–Crippen MR) is 48.7 cm³/mol. The maximum atomic E-state index is 11.3. The van der Waals surface area contributed by atoms with Gasteiger partial charge < -0.3 is 15.6 Å². The molecule has 0 bridgehead atoms. The van der Waals surface area contributed by atoms with Crippen LogP contribution in [-0.4, -0.2) is 40.2 Å². The van der Waals surface area contributed by atoms with E-state index in [1.165, 1.54) is 20.8 Å². The fourth-order valence-corrected chi connectivity index (χ4v) is 0.790. The summed E-state index contributed by atoms with van der Waals surface area (Å²) in [6.07, 6.45) is -1.04. The summed E-state index contributed by atoms with van der Waals surface area (Å²) in [5, 5.41) is 20.0. The lowest BCUT2D eigenvalue weighted by atomic mass is 10.1. The largest absolute Gasteiger partial charge is 0.391 e. The average Bonchev–Trinajstić information content (AvgIpc) is 2.04. The highest BCUT2D eigenvalue weighted by Gasteiger charge is 2.24. The van der Waals surface area contributed by atoms with Gasteiger partial charge in [-0.15, -0.1) is 0 Å². The zero-order valence-corrected chi connectivity index (χ0v) is 8.44. The third kappa shape index (κ3) is 3.82. The van der Waals surface area contributed by atoms with Crippen molar-refractivity contribution in [2.45, 2.75) is 39.0 Å². The summed E-state index contributed by atoms with van der Waals surface area (Å²) in [7, 11) is 0. The molecule has 6 heteroatoms. The van der Waals surface area contributed by atoms with Crippen molar-refractivity contribution in [1.82, 2.24) is 10.8 Å². The molecule has 0 aromatic rings. The highest BCUT2D eigenvalue weighted by Crippen LogP contribution is 1.93. The summed E-state index contributed by atoms with van der Waals surface area (Å²) in [5.74, 6) is -0.814. The summed E-state index contributed by atoms with van der Waals surface area (Å²) in [5.41, 5.74) is 1.67. The van der Waals surface area contributed by atoms with Crippen molar-refractivity contribution in [2.75, 3.05) is 0 Å². The standard InChI is InChI=1S/C8H16N2O4/c1-4(5(2)11)9-8(13)7(10-14)6(3)12/h4,6-7,10,12,14H,1-3H3,(H,9,13). The van der Waals surface area contributed by atoms with Crippen LogP contribution in [0.4, 0.5) is 0 Å². The number of Topliss-reactive ketones (excluding diaryl/α,β-unsaturated/α-hetero) is 1. The van der Waals surface area contributed by atoms with Gasteiger partial charge >= 0.3 is 0 Å².